The highest BCUT2D eigenvalue weighted by Gasteiger charge is 2.17. The number of rotatable bonds is 6. The summed E-state index contributed by atoms with van der Waals surface area (Å²) < 4.78 is 3.89. The van der Waals surface area contributed by atoms with Gasteiger partial charge >= 0.3 is 0 Å². The summed E-state index contributed by atoms with van der Waals surface area (Å²) in [6.07, 6.45) is 6.99. The minimum atomic E-state index is 0.299. The topological polar surface area (TPSA) is 47.7 Å². The molecular formula is C14H23N5. The first-order valence-electron chi connectivity index (χ1n) is 6.88. The number of aromatic nitrogens is 4. The molecule has 19 heavy (non-hydrogen) atoms. The molecule has 0 radical (unpaired) electrons. The second-order valence-electron chi connectivity index (χ2n) is 4.83. The third kappa shape index (κ3) is 3.04. The number of hydrogen-bond acceptors (Lipinski definition) is 3. The highest BCUT2D eigenvalue weighted by molar-refractivity contribution is 5.23. The molecule has 104 valence electrons. The van der Waals surface area contributed by atoms with E-state index in [4.69, 9.17) is 0 Å². The van der Waals surface area contributed by atoms with E-state index < -0.39 is 0 Å². The molecule has 0 fully saturated rings. The van der Waals surface area contributed by atoms with Gasteiger partial charge in [-0.2, -0.15) is 10.2 Å². The van der Waals surface area contributed by atoms with E-state index in [-0.39, 0.29) is 0 Å². The van der Waals surface area contributed by atoms with Crippen LogP contribution in [0.25, 0.3) is 0 Å². The smallest absolute Gasteiger partial charge is 0.0540 e. The van der Waals surface area contributed by atoms with Gasteiger partial charge in [0.25, 0.3) is 0 Å². The van der Waals surface area contributed by atoms with Gasteiger partial charge in [-0.3, -0.25) is 9.36 Å². The number of aryl methyl sites for hydroxylation is 2. The summed E-state index contributed by atoms with van der Waals surface area (Å²) in [4.78, 5) is 0. The van der Waals surface area contributed by atoms with Crippen molar-refractivity contribution in [1.82, 2.24) is 24.9 Å². The molecule has 5 heteroatoms. The van der Waals surface area contributed by atoms with E-state index in [1.807, 2.05) is 28.8 Å². The monoisotopic (exact) mass is 261 g/mol. The van der Waals surface area contributed by atoms with Crippen LogP contribution >= 0.6 is 0 Å². The molecule has 0 saturated heterocycles. The molecule has 0 aromatic carbocycles. The normalized spacial score (nSPS) is 12.8. The van der Waals surface area contributed by atoms with E-state index >= 15 is 0 Å². The molecule has 0 saturated carbocycles. The lowest BCUT2D eigenvalue weighted by Gasteiger charge is -2.17. The molecule has 1 unspecified atom stereocenters. The first kappa shape index (κ1) is 13.8. The summed E-state index contributed by atoms with van der Waals surface area (Å²) in [7, 11) is 1.98. The Kier molecular flexibility index (Phi) is 4.37. The second kappa shape index (κ2) is 6.02. The lowest BCUT2D eigenvalue weighted by atomic mass is 10.0. The number of likely N-dealkylation sites (N-methyl/N-ethyl adjacent to an activating group) is 1. The number of nitrogens with one attached hydrogen (secondary N) is 1. The van der Waals surface area contributed by atoms with Gasteiger partial charge in [0.1, 0.15) is 0 Å². The van der Waals surface area contributed by atoms with Crippen molar-refractivity contribution in [2.24, 2.45) is 7.05 Å². The summed E-state index contributed by atoms with van der Waals surface area (Å²) in [5.41, 5.74) is 3.75. The molecule has 0 aliphatic carbocycles. The summed E-state index contributed by atoms with van der Waals surface area (Å²) in [5, 5.41) is 12.2. The van der Waals surface area contributed by atoms with Crippen LogP contribution in [0.3, 0.4) is 0 Å². The van der Waals surface area contributed by atoms with E-state index in [9.17, 15) is 0 Å². The van der Waals surface area contributed by atoms with Crippen LogP contribution in [0.1, 0.15) is 36.7 Å². The minimum Gasteiger partial charge on any atom is -0.310 e. The molecule has 2 aromatic heterocycles. The summed E-state index contributed by atoms with van der Waals surface area (Å²) in [6, 6.07) is 0.299. The Morgan fingerprint density at radius 1 is 1.26 bits per heavy atom. The molecule has 0 aliphatic rings. The van der Waals surface area contributed by atoms with Crippen LogP contribution < -0.4 is 5.32 Å². The van der Waals surface area contributed by atoms with Crippen LogP contribution in [0.15, 0.2) is 18.6 Å². The zero-order chi connectivity index (χ0) is 13.8. The Balaban J connectivity index is 2.18. The van der Waals surface area contributed by atoms with Gasteiger partial charge in [-0.05, 0) is 32.4 Å². The third-order valence-corrected chi connectivity index (χ3v) is 3.55. The summed E-state index contributed by atoms with van der Waals surface area (Å²) in [6.45, 7) is 8.21. The van der Waals surface area contributed by atoms with Gasteiger partial charge in [0, 0.05) is 37.1 Å². The molecule has 0 spiro atoms. The fourth-order valence-corrected chi connectivity index (χ4v) is 2.32. The predicted octanol–water partition coefficient (Wildman–Crippen LogP) is 1.84. The Morgan fingerprint density at radius 3 is 2.58 bits per heavy atom. The first-order valence-corrected chi connectivity index (χ1v) is 6.88. The molecule has 2 rings (SSSR count). The van der Waals surface area contributed by atoms with E-state index in [0.717, 1.165) is 19.5 Å². The molecule has 2 aromatic rings. The molecule has 1 N–H and O–H groups in total. The van der Waals surface area contributed by atoms with Crippen molar-refractivity contribution in [3.63, 3.8) is 0 Å². The highest BCUT2D eigenvalue weighted by Crippen LogP contribution is 2.21. The van der Waals surface area contributed by atoms with Gasteiger partial charge in [0.2, 0.25) is 0 Å². The Morgan fingerprint density at radius 2 is 2.05 bits per heavy atom. The Hall–Kier alpha value is -1.62. The average Bonchev–Trinajstić information content (AvgIpc) is 2.98. The molecule has 0 amide bonds. The van der Waals surface area contributed by atoms with Crippen molar-refractivity contribution in [3.8, 4) is 0 Å². The van der Waals surface area contributed by atoms with E-state index in [1.165, 1.54) is 16.8 Å². The van der Waals surface area contributed by atoms with Crippen LogP contribution in [0, 0.1) is 6.92 Å². The van der Waals surface area contributed by atoms with Gasteiger partial charge in [0.15, 0.2) is 0 Å². The predicted molar refractivity (Wildman–Crippen MR) is 76.0 cm³/mol. The number of hydrogen-bond donors (Lipinski definition) is 1. The summed E-state index contributed by atoms with van der Waals surface area (Å²) >= 11 is 0. The molecule has 2 heterocycles. The van der Waals surface area contributed by atoms with Crippen molar-refractivity contribution < 1.29 is 0 Å². The van der Waals surface area contributed by atoms with Crippen LogP contribution in [0.4, 0.5) is 0 Å². The molecule has 0 aliphatic heterocycles. The van der Waals surface area contributed by atoms with Crippen molar-refractivity contribution in [2.45, 2.75) is 39.8 Å². The van der Waals surface area contributed by atoms with Crippen LogP contribution in [0.2, 0.25) is 0 Å². The molecule has 0 bridgehead atoms. The quantitative estimate of drug-likeness (QED) is 0.863. The van der Waals surface area contributed by atoms with Gasteiger partial charge in [-0.15, -0.1) is 0 Å². The first-order chi connectivity index (χ1) is 9.15. The van der Waals surface area contributed by atoms with Gasteiger partial charge < -0.3 is 5.32 Å². The zero-order valence-electron chi connectivity index (χ0n) is 12.2. The van der Waals surface area contributed by atoms with Gasteiger partial charge in [-0.1, -0.05) is 6.92 Å². The van der Waals surface area contributed by atoms with E-state index in [1.54, 1.807) is 0 Å². The van der Waals surface area contributed by atoms with Crippen molar-refractivity contribution in [2.75, 3.05) is 6.54 Å². The summed E-state index contributed by atoms with van der Waals surface area (Å²) in [5.74, 6) is 0. The fourth-order valence-electron chi connectivity index (χ4n) is 2.32. The Bertz CT molecular complexity index is 526. The maximum absolute atomic E-state index is 4.34. The third-order valence-electron chi connectivity index (χ3n) is 3.55. The van der Waals surface area contributed by atoms with Crippen molar-refractivity contribution in [1.29, 1.82) is 0 Å². The SMILES string of the molecule is CCNC(Cc1cnn(CC)c1)c1cnn(C)c1C. The Labute approximate surface area is 114 Å². The standard InChI is InChI=1S/C14H23N5/c1-5-15-14(13-9-16-18(4)11(13)3)7-12-8-17-19(6-2)10-12/h8-10,14-15H,5-7H2,1-4H3. The zero-order valence-corrected chi connectivity index (χ0v) is 12.2. The number of nitrogens with zero attached hydrogens (tertiary/aromatic N) is 4. The van der Waals surface area contributed by atoms with Gasteiger partial charge in [0.05, 0.1) is 12.4 Å². The highest BCUT2D eigenvalue weighted by atomic mass is 15.3. The molecule has 1 atom stereocenters. The molecule has 5 nitrogen and oxygen atoms in total. The minimum absolute atomic E-state index is 0.299. The van der Waals surface area contributed by atoms with E-state index in [2.05, 4.69) is 42.5 Å². The maximum atomic E-state index is 4.34. The van der Waals surface area contributed by atoms with Crippen molar-refractivity contribution in [3.05, 3.63) is 35.4 Å². The van der Waals surface area contributed by atoms with Gasteiger partial charge in [-0.25, -0.2) is 0 Å². The fraction of sp³-hybridized carbons (Fsp3) is 0.571. The van der Waals surface area contributed by atoms with E-state index in [0.29, 0.717) is 6.04 Å². The average molecular weight is 261 g/mol. The maximum Gasteiger partial charge on any atom is 0.0540 e. The second-order valence-corrected chi connectivity index (χ2v) is 4.83. The van der Waals surface area contributed by atoms with Crippen LogP contribution in [0.5, 0.6) is 0 Å². The van der Waals surface area contributed by atoms with Crippen molar-refractivity contribution >= 4 is 0 Å². The lowest BCUT2D eigenvalue weighted by Crippen LogP contribution is -2.23. The van der Waals surface area contributed by atoms with Crippen LogP contribution in [-0.4, -0.2) is 26.1 Å². The lowest BCUT2D eigenvalue weighted by molar-refractivity contribution is 0.545. The van der Waals surface area contributed by atoms with Crippen LogP contribution in [-0.2, 0) is 20.0 Å². The molecular weight excluding hydrogens is 238 g/mol. The largest absolute Gasteiger partial charge is 0.310 e.